The maximum absolute atomic E-state index is 11.8. The highest BCUT2D eigenvalue weighted by molar-refractivity contribution is 5.67. The van der Waals surface area contributed by atoms with Gasteiger partial charge in [-0.3, -0.25) is 0 Å². The van der Waals surface area contributed by atoms with Crippen molar-refractivity contribution >= 4 is 23.5 Å². The Balaban J connectivity index is 1.56. The van der Waals surface area contributed by atoms with Crippen molar-refractivity contribution in [3.05, 3.63) is 35.5 Å². The summed E-state index contributed by atoms with van der Waals surface area (Å²) in [6.07, 6.45) is 3.05. The third kappa shape index (κ3) is 5.06. The van der Waals surface area contributed by atoms with Crippen molar-refractivity contribution in [3.63, 3.8) is 0 Å². The number of hydrogen-bond acceptors (Lipinski definition) is 7. The summed E-state index contributed by atoms with van der Waals surface area (Å²) in [5, 5.41) is 14.7. The minimum atomic E-state index is -0.237. The van der Waals surface area contributed by atoms with Gasteiger partial charge in [0, 0.05) is 24.8 Å². The number of benzene rings is 1. The molecule has 0 saturated carbocycles. The number of amides is 1. The quantitative estimate of drug-likeness (QED) is 0.834. The molecule has 0 aliphatic carbocycles. The van der Waals surface area contributed by atoms with E-state index in [0.29, 0.717) is 31.5 Å². The van der Waals surface area contributed by atoms with Crippen LogP contribution in [0.4, 0.5) is 22.2 Å². The Bertz CT molecular complexity index is 790. The molecule has 0 radical (unpaired) electrons. The minimum Gasteiger partial charge on any atom is -0.450 e. The SMILES string of the molecule is CCOC(=O)N1CCC(Nc2cnnc(Nc3ccc(C)c(C)c3)n2)CC1. The van der Waals surface area contributed by atoms with Crippen LogP contribution in [0, 0.1) is 13.8 Å². The molecule has 144 valence electrons. The molecule has 2 heterocycles. The largest absolute Gasteiger partial charge is 0.450 e. The second kappa shape index (κ2) is 8.66. The van der Waals surface area contributed by atoms with Crippen molar-refractivity contribution in [1.29, 1.82) is 0 Å². The highest BCUT2D eigenvalue weighted by Gasteiger charge is 2.23. The molecule has 2 aromatic rings. The van der Waals surface area contributed by atoms with Gasteiger partial charge in [0.1, 0.15) is 0 Å². The fraction of sp³-hybridized carbons (Fsp3) is 0.474. The summed E-state index contributed by atoms with van der Waals surface area (Å²) in [6, 6.07) is 6.35. The number of likely N-dealkylation sites (tertiary alicyclic amines) is 1. The van der Waals surface area contributed by atoms with Crippen LogP contribution < -0.4 is 10.6 Å². The van der Waals surface area contributed by atoms with Crippen LogP contribution in [-0.2, 0) is 4.74 Å². The monoisotopic (exact) mass is 370 g/mol. The number of aryl methyl sites for hydroxylation is 2. The number of piperidine rings is 1. The number of carbonyl (C=O) groups is 1. The Morgan fingerprint density at radius 3 is 2.74 bits per heavy atom. The van der Waals surface area contributed by atoms with E-state index < -0.39 is 0 Å². The molecule has 1 aromatic heterocycles. The first-order valence-corrected chi connectivity index (χ1v) is 9.27. The van der Waals surface area contributed by atoms with E-state index in [2.05, 4.69) is 51.8 Å². The van der Waals surface area contributed by atoms with Crippen LogP contribution in [0.15, 0.2) is 24.4 Å². The summed E-state index contributed by atoms with van der Waals surface area (Å²) in [5.74, 6) is 1.12. The predicted octanol–water partition coefficient (Wildman–Crippen LogP) is 3.26. The Hall–Kier alpha value is -2.90. The van der Waals surface area contributed by atoms with Crippen LogP contribution in [0.3, 0.4) is 0 Å². The molecule has 1 aliphatic rings. The van der Waals surface area contributed by atoms with Gasteiger partial charge in [-0.2, -0.15) is 10.1 Å². The van der Waals surface area contributed by atoms with Crippen molar-refractivity contribution in [2.24, 2.45) is 0 Å². The lowest BCUT2D eigenvalue weighted by molar-refractivity contribution is 0.0983. The van der Waals surface area contributed by atoms with E-state index in [0.717, 1.165) is 18.5 Å². The van der Waals surface area contributed by atoms with Crippen molar-refractivity contribution in [2.75, 3.05) is 30.3 Å². The Labute approximate surface area is 159 Å². The van der Waals surface area contributed by atoms with E-state index >= 15 is 0 Å². The van der Waals surface area contributed by atoms with E-state index in [1.807, 2.05) is 13.0 Å². The van der Waals surface area contributed by atoms with Crippen molar-refractivity contribution in [1.82, 2.24) is 20.1 Å². The first kappa shape index (κ1) is 18.9. The first-order valence-electron chi connectivity index (χ1n) is 9.27. The summed E-state index contributed by atoms with van der Waals surface area (Å²) in [7, 11) is 0. The molecule has 1 saturated heterocycles. The number of nitrogens with zero attached hydrogens (tertiary/aromatic N) is 4. The molecule has 1 amide bonds. The third-order valence-electron chi connectivity index (χ3n) is 4.69. The summed E-state index contributed by atoms with van der Waals surface area (Å²) in [4.78, 5) is 18.0. The summed E-state index contributed by atoms with van der Waals surface area (Å²) in [6.45, 7) is 7.71. The van der Waals surface area contributed by atoms with Gasteiger partial charge in [0.25, 0.3) is 0 Å². The zero-order chi connectivity index (χ0) is 19.2. The lowest BCUT2D eigenvalue weighted by Crippen LogP contribution is -2.42. The molecule has 1 aliphatic heterocycles. The number of hydrogen-bond donors (Lipinski definition) is 2. The van der Waals surface area contributed by atoms with Gasteiger partial charge in [-0.1, -0.05) is 6.07 Å². The normalized spacial score (nSPS) is 14.7. The maximum Gasteiger partial charge on any atom is 0.409 e. The molecule has 8 heteroatoms. The van der Waals surface area contributed by atoms with Gasteiger partial charge in [0.05, 0.1) is 12.8 Å². The molecule has 2 N–H and O–H groups in total. The van der Waals surface area contributed by atoms with Gasteiger partial charge in [-0.05, 0) is 56.9 Å². The van der Waals surface area contributed by atoms with Crippen LogP contribution in [0.1, 0.15) is 30.9 Å². The number of anilines is 3. The van der Waals surface area contributed by atoms with E-state index in [1.54, 1.807) is 11.1 Å². The zero-order valence-corrected chi connectivity index (χ0v) is 16.0. The predicted molar refractivity (Wildman–Crippen MR) is 104 cm³/mol. The maximum atomic E-state index is 11.8. The Kier molecular flexibility index (Phi) is 6.05. The third-order valence-corrected chi connectivity index (χ3v) is 4.69. The molecule has 1 fully saturated rings. The average Bonchev–Trinajstić information content (AvgIpc) is 2.66. The molecule has 0 atom stereocenters. The van der Waals surface area contributed by atoms with Gasteiger partial charge in [0.15, 0.2) is 5.82 Å². The van der Waals surface area contributed by atoms with Crippen LogP contribution in [0.25, 0.3) is 0 Å². The second-order valence-corrected chi connectivity index (χ2v) is 6.69. The standard InChI is InChI=1S/C19H26N6O2/c1-4-27-19(26)25-9-7-15(8-10-25)21-17-12-20-24-18(23-17)22-16-6-5-13(2)14(3)11-16/h5-6,11-12,15H,4,7-10H2,1-3H3,(H2,21,22,23,24). The molecular formula is C19H26N6O2. The fourth-order valence-electron chi connectivity index (χ4n) is 3.00. The molecule has 27 heavy (non-hydrogen) atoms. The van der Waals surface area contributed by atoms with Gasteiger partial charge in [-0.15, -0.1) is 5.10 Å². The lowest BCUT2D eigenvalue weighted by atomic mass is 10.1. The number of aromatic nitrogens is 3. The average molecular weight is 370 g/mol. The molecule has 0 bridgehead atoms. The van der Waals surface area contributed by atoms with E-state index in [9.17, 15) is 4.79 Å². The van der Waals surface area contributed by atoms with Crippen molar-refractivity contribution in [3.8, 4) is 0 Å². The molecule has 1 aromatic carbocycles. The molecule has 3 rings (SSSR count). The molecule has 8 nitrogen and oxygen atoms in total. The number of rotatable bonds is 5. The van der Waals surface area contributed by atoms with E-state index in [4.69, 9.17) is 4.74 Å². The van der Waals surface area contributed by atoms with Gasteiger partial charge < -0.3 is 20.3 Å². The smallest absolute Gasteiger partial charge is 0.409 e. The minimum absolute atomic E-state index is 0.237. The fourth-order valence-corrected chi connectivity index (χ4v) is 3.00. The van der Waals surface area contributed by atoms with Crippen LogP contribution in [0.5, 0.6) is 0 Å². The lowest BCUT2D eigenvalue weighted by Gasteiger charge is -2.31. The van der Waals surface area contributed by atoms with Crippen LogP contribution in [-0.4, -0.2) is 51.9 Å². The van der Waals surface area contributed by atoms with Crippen LogP contribution in [0.2, 0.25) is 0 Å². The summed E-state index contributed by atoms with van der Waals surface area (Å²) >= 11 is 0. The van der Waals surface area contributed by atoms with Gasteiger partial charge >= 0.3 is 6.09 Å². The Morgan fingerprint density at radius 1 is 1.26 bits per heavy atom. The Morgan fingerprint density at radius 2 is 2.04 bits per heavy atom. The number of nitrogens with one attached hydrogen (secondary N) is 2. The second-order valence-electron chi connectivity index (χ2n) is 6.69. The molecule has 0 unspecified atom stereocenters. The topological polar surface area (TPSA) is 92.3 Å². The summed E-state index contributed by atoms with van der Waals surface area (Å²) < 4.78 is 5.05. The number of carbonyl (C=O) groups excluding carboxylic acids is 1. The van der Waals surface area contributed by atoms with Crippen LogP contribution >= 0.6 is 0 Å². The van der Waals surface area contributed by atoms with E-state index in [1.165, 1.54) is 11.1 Å². The zero-order valence-electron chi connectivity index (χ0n) is 16.0. The van der Waals surface area contributed by atoms with Crippen molar-refractivity contribution < 1.29 is 9.53 Å². The first-order chi connectivity index (χ1) is 13.0. The van der Waals surface area contributed by atoms with E-state index in [-0.39, 0.29) is 12.1 Å². The molecule has 0 spiro atoms. The highest BCUT2D eigenvalue weighted by atomic mass is 16.6. The highest BCUT2D eigenvalue weighted by Crippen LogP contribution is 2.19. The summed E-state index contributed by atoms with van der Waals surface area (Å²) in [5.41, 5.74) is 3.37. The molecular weight excluding hydrogens is 344 g/mol. The van der Waals surface area contributed by atoms with Gasteiger partial charge in [0.2, 0.25) is 5.95 Å². The van der Waals surface area contributed by atoms with Crippen molar-refractivity contribution in [2.45, 2.75) is 39.7 Å². The number of ether oxygens (including phenoxy) is 1. The van der Waals surface area contributed by atoms with Gasteiger partial charge in [-0.25, -0.2) is 4.79 Å².